The molecule has 18 heavy (non-hydrogen) atoms. The highest BCUT2D eigenvalue weighted by Gasteiger charge is 2.33. The summed E-state index contributed by atoms with van der Waals surface area (Å²) < 4.78 is 0. The molecule has 2 rings (SSSR count). The Morgan fingerprint density at radius 3 is 2.50 bits per heavy atom. The lowest BCUT2D eigenvalue weighted by molar-refractivity contribution is -0.141. The molecule has 0 unspecified atom stereocenters. The van der Waals surface area contributed by atoms with Crippen molar-refractivity contribution in [3.05, 3.63) is 47.2 Å². The van der Waals surface area contributed by atoms with Crippen molar-refractivity contribution in [2.24, 2.45) is 0 Å². The van der Waals surface area contributed by atoms with Gasteiger partial charge in [0.1, 0.15) is 11.3 Å². The highest BCUT2D eigenvalue weighted by atomic mass is 16.3. The average molecular weight is 244 g/mol. The summed E-state index contributed by atoms with van der Waals surface area (Å²) in [5.41, 5.74) is 0.343. The summed E-state index contributed by atoms with van der Waals surface area (Å²) in [5, 5.41) is 17.7. The summed E-state index contributed by atoms with van der Waals surface area (Å²) in [6.07, 6.45) is -0.243. The molecule has 0 aromatic heterocycles. The number of nitrogens with one attached hydrogen (secondary N) is 1. The highest BCUT2D eigenvalue weighted by molar-refractivity contribution is 6.30. The van der Waals surface area contributed by atoms with E-state index in [0.29, 0.717) is 5.56 Å². The molecule has 5 heteroatoms. The van der Waals surface area contributed by atoms with E-state index in [1.165, 1.54) is 7.05 Å². The first-order valence-corrected chi connectivity index (χ1v) is 5.39. The Kier molecular flexibility index (Phi) is 2.97. The van der Waals surface area contributed by atoms with Gasteiger partial charge in [-0.25, -0.2) is 0 Å². The third kappa shape index (κ3) is 1.90. The molecule has 2 N–H and O–H groups in total. The molecule has 5 nitrogen and oxygen atoms in total. The van der Waals surface area contributed by atoms with Crippen molar-refractivity contribution >= 4 is 17.5 Å². The molecule has 1 aliphatic rings. The molecule has 0 spiro atoms. The third-order valence-electron chi connectivity index (χ3n) is 2.81. The van der Waals surface area contributed by atoms with E-state index in [1.54, 1.807) is 30.3 Å². The minimum absolute atomic E-state index is 0.0718. The Labute approximate surface area is 104 Å². The predicted octanol–water partition coefficient (Wildman–Crippen LogP) is 1.26. The number of likely N-dealkylation sites (N-methyl/N-ethyl adjacent to an activating group) is 1. The SMILES string of the molecule is CN1C(=O)CC(O)=C(C(=N)c2ccccc2)C1=O. The van der Waals surface area contributed by atoms with Crippen LogP contribution >= 0.6 is 0 Å². The lowest BCUT2D eigenvalue weighted by Gasteiger charge is -2.23. The van der Waals surface area contributed by atoms with Crippen LogP contribution in [0.1, 0.15) is 12.0 Å². The average Bonchev–Trinajstić information content (AvgIpc) is 2.37. The summed E-state index contributed by atoms with van der Waals surface area (Å²) in [4.78, 5) is 24.2. The molecule has 1 aromatic rings. The van der Waals surface area contributed by atoms with Gasteiger partial charge in [-0.15, -0.1) is 0 Å². The van der Waals surface area contributed by atoms with Crippen LogP contribution in [0.3, 0.4) is 0 Å². The first-order valence-electron chi connectivity index (χ1n) is 5.39. The Hall–Kier alpha value is -2.43. The quantitative estimate of drug-likeness (QED) is 0.607. The van der Waals surface area contributed by atoms with Crippen molar-refractivity contribution in [1.82, 2.24) is 4.90 Å². The van der Waals surface area contributed by atoms with Crippen LogP contribution in [0.25, 0.3) is 0 Å². The Morgan fingerprint density at radius 1 is 1.28 bits per heavy atom. The van der Waals surface area contributed by atoms with Crippen LogP contribution in [0.15, 0.2) is 41.7 Å². The molecule has 2 amide bonds. The number of carbonyl (C=O) groups is 2. The molecule has 0 saturated carbocycles. The zero-order valence-electron chi connectivity index (χ0n) is 9.80. The van der Waals surface area contributed by atoms with E-state index in [9.17, 15) is 14.7 Å². The van der Waals surface area contributed by atoms with Crippen LogP contribution in [0.2, 0.25) is 0 Å². The maximum Gasteiger partial charge on any atom is 0.265 e. The molecule has 92 valence electrons. The Balaban J connectivity index is 2.44. The molecular weight excluding hydrogens is 232 g/mol. The van der Waals surface area contributed by atoms with E-state index in [-0.39, 0.29) is 23.5 Å². The standard InChI is InChI=1S/C13H12N2O3/c1-15-10(17)7-9(16)11(13(15)18)12(14)8-5-3-2-4-6-8/h2-6,14,16H,7H2,1H3. The number of rotatable bonds is 2. The smallest absolute Gasteiger partial charge is 0.265 e. The van der Waals surface area contributed by atoms with Gasteiger partial charge in [-0.1, -0.05) is 30.3 Å². The van der Waals surface area contributed by atoms with Crippen LogP contribution in [0.5, 0.6) is 0 Å². The summed E-state index contributed by atoms with van der Waals surface area (Å²) in [7, 11) is 1.34. The van der Waals surface area contributed by atoms with Crippen molar-refractivity contribution in [3.63, 3.8) is 0 Å². The van der Waals surface area contributed by atoms with Gasteiger partial charge in [0.25, 0.3) is 5.91 Å². The largest absolute Gasteiger partial charge is 0.511 e. The lowest BCUT2D eigenvalue weighted by Crippen LogP contribution is -2.40. The van der Waals surface area contributed by atoms with Crippen LogP contribution in [0.4, 0.5) is 0 Å². The topological polar surface area (TPSA) is 81.5 Å². The number of hydrogen-bond acceptors (Lipinski definition) is 4. The summed E-state index contributed by atoms with van der Waals surface area (Å²) >= 11 is 0. The van der Waals surface area contributed by atoms with Gasteiger partial charge in [0.05, 0.1) is 12.1 Å². The monoisotopic (exact) mass is 244 g/mol. The van der Waals surface area contributed by atoms with Crippen LogP contribution in [-0.4, -0.2) is 34.6 Å². The van der Waals surface area contributed by atoms with Gasteiger partial charge >= 0.3 is 0 Å². The molecule has 0 saturated heterocycles. The fraction of sp³-hybridized carbons (Fsp3) is 0.154. The molecule has 0 atom stereocenters. The first-order chi connectivity index (χ1) is 8.52. The highest BCUT2D eigenvalue weighted by Crippen LogP contribution is 2.21. The van der Waals surface area contributed by atoms with Gasteiger partial charge in [-0.3, -0.25) is 19.9 Å². The number of aliphatic hydroxyl groups is 1. The first kappa shape index (κ1) is 12.0. The number of aliphatic hydroxyl groups excluding tert-OH is 1. The van der Waals surface area contributed by atoms with Crippen molar-refractivity contribution < 1.29 is 14.7 Å². The number of nitrogens with zero attached hydrogens (tertiary/aromatic N) is 1. The van der Waals surface area contributed by atoms with E-state index >= 15 is 0 Å². The van der Waals surface area contributed by atoms with E-state index in [2.05, 4.69) is 0 Å². The Bertz CT molecular complexity index is 561. The normalized spacial score (nSPS) is 16.2. The summed E-state index contributed by atoms with van der Waals surface area (Å²) in [6, 6.07) is 8.62. The number of benzene rings is 1. The fourth-order valence-electron chi connectivity index (χ4n) is 1.75. The van der Waals surface area contributed by atoms with Crippen molar-refractivity contribution in [1.29, 1.82) is 5.41 Å². The van der Waals surface area contributed by atoms with Gasteiger partial charge < -0.3 is 5.11 Å². The van der Waals surface area contributed by atoms with Crippen molar-refractivity contribution in [2.45, 2.75) is 6.42 Å². The Morgan fingerprint density at radius 2 is 1.89 bits per heavy atom. The second-order valence-corrected chi connectivity index (χ2v) is 4.00. The number of carbonyl (C=O) groups excluding carboxylic acids is 2. The molecule has 0 bridgehead atoms. The van der Waals surface area contributed by atoms with Gasteiger partial charge in [-0.2, -0.15) is 0 Å². The van der Waals surface area contributed by atoms with E-state index < -0.39 is 11.8 Å². The summed E-state index contributed by atoms with van der Waals surface area (Å²) in [5.74, 6) is -1.45. The minimum Gasteiger partial charge on any atom is -0.511 e. The van der Waals surface area contributed by atoms with E-state index in [4.69, 9.17) is 5.41 Å². The van der Waals surface area contributed by atoms with Gasteiger partial charge in [0.2, 0.25) is 5.91 Å². The third-order valence-corrected chi connectivity index (χ3v) is 2.81. The van der Waals surface area contributed by atoms with Crippen molar-refractivity contribution in [3.8, 4) is 0 Å². The minimum atomic E-state index is -0.641. The zero-order valence-corrected chi connectivity index (χ0v) is 9.80. The number of amides is 2. The second-order valence-electron chi connectivity index (χ2n) is 4.00. The maximum absolute atomic E-state index is 11.9. The summed E-state index contributed by atoms with van der Waals surface area (Å²) in [6.45, 7) is 0. The van der Waals surface area contributed by atoms with Crippen molar-refractivity contribution in [2.75, 3.05) is 7.05 Å². The lowest BCUT2D eigenvalue weighted by atomic mass is 9.96. The zero-order chi connectivity index (χ0) is 13.3. The fourth-order valence-corrected chi connectivity index (χ4v) is 1.75. The molecule has 0 radical (unpaired) electrons. The van der Waals surface area contributed by atoms with Crippen LogP contribution in [0, 0.1) is 5.41 Å². The van der Waals surface area contributed by atoms with Gasteiger partial charge in [-0.05, 0) is 0 Å². The van der Waals surface area contributed by atoms with Crippen LogP contribution in [-0.2, 0) is 9.59 Å². The second kappa shape index (κ2) is 4.44. The predicted molar refractivity (Wildman–Crippen MR) is 65.3 cm³/mol. The van der Waals surface area contributed by atoms with Crippen LogP contribution < -0.4 is 0 Å². The molecular formula is C13H12N2O3. The maximum atomic E-state index is 11.9. The van der Waals surface area contributed by atoms with Gasteiger partial charge in [0, 0.05) is 12.6 Å². The van der Waals surface area contributed by atoms with Gasteiger partial charge in [0.15, 0.2) is 0 Å². The molecule has 1 aromatic carbocycles. The molecule has 1 aliphatic heterocycles. The number of hydrogen-bond donors (Lipinski definition) is 2. The van der Waals surface area contributed by atoms with E-state index in [0.717, 1.165) is 4.90 Å². The van der Waals surface area contributed by atoms with E-state index in [1.807, 2.05) is 0 Å². The molecule has 0 fully saturated rings. The molecule has 1 heterocycles. The molecule has 0 aliphatic carbocycles. The number of imide groups is 1.